The van der Waals surface area contributed by atoms with Crippen LogP contribution >= 0.6 is 0 Å². The molecular weight excluding hydrogens is 224 g/mol. The Hall–Kier alpha value is -1.19. The molecule has 0 spiro atoms. The zero-order valence-corrected chi connectivity index (χ0v) is 11.1. The van der Waals surface area contributed by atoms with Crippen LogP contribution in [0.5, 0.6) is 0 Å². The minimum atomic E-state index is 0.247. The van der Waals surface area contributed by atoms with Gasteiger partial charge >= 0.3 is 0 Å². The van der Waals surface area contributed by atoms with Gasteiger partial charge in [0.15, 0.2) is 5.78 Å². The van der Waals surface area contributed by atoms with Gasteiger partial charge in [-0.1, -0.05) is 30.3 Å². The van der Waals surface area contributed by atoms with Crippen LogP contribution in [0.4, 0.5) is 0 Å². The number of benzene rings is 1. The fraction of sp³-hybridized carbons (Fsp3) is 0.533. The summed E-state index contributed by atoms with van der Waals surface area (Å²) in [5.74, 6) is 0.247. The molecule has 1 aromatic rings. The molecule has 1 N–H and O–H groups in total. The molecule has 0 atom stereocenters. The number of carbonyl (C=O) groups is 1. The highest BCUT2D eigenvalue weighted by molar-refractivity contribution is 5.96. The predicted octanol–water partition coefficient (Wildman–Crippen LogP) is 1.94. The van der Waals surface area contributed by atoms with Gasteiger partial charge in [0.1, 0.15) is 0 Å². The van der Waals surface area contributed by atoms with E-state index in [1.54, 1.807) is 0 Å². The van der Waals surface area contributed by atoms with Gasteiger partial charge < -0.3 is 10.2 Å². The first-order valence-electron chi connectivity index (χ1n) is 6.76. The van der Waals surface area contributed by atoms with E-state index in [1.165, 1.54) is 12.8 Å². The minimum absolute atomic E-state index is 0.247. The molecule has 0 saturated carbocycles. The van der Waals surface area contributed by atoms with Crippen molar-refractivity contribution in [2.45, 2.75) is 25.3 Å². The summed E-state index contributed by atoms with van der Waals surface area (Å²) in [5.41, 5.74) is 0.830. The van der Waals surface area contributed by atoms with Crippen LogP contribution in [0.2, 0.25) is 0 Å². The molecule has 1 fully saturated rings. The smallest absolute Gasteiger partial charge is 0.164 e. The SMILES string of the molecule is CN(CCC(=O)c1ccccc1)C1CCNCC1. The van der Waals surface area contributed by atoms with Crippen LogP contribution in [0.1, 0.15) is 29.6 Å². The van der Waals surface area contributed by atoms with Crippen molar-refractivity contribution < 1.29 is 4.79 Å². The van der Waals surface area contributed by atoms with Gasteiger partial charge in [0.2, 0.25) is 0 Å². The van der Waals surface area contributed by atoms with E-state index in [0.29, 0.717) is 12.5 Å². The first-order valence-corrected chi connectivity index (χ1v) is 6.76. The van der Waals surface area contributed by atoms with Gasteiger partial charge in [-0.3, -0.25) is 4.79 Å². The third kappa shape index (κ3) is 3.65. The van der Waals surface area contributed by atoms with Crippen LogP contribution in [0, 0.1) is 0 Å². The molecule has 0 amide bonds. The molecule has 1 aromatic carbocycles. The molecule has 2 rings (SSSR count). The van der Waals surface area contributed by atoms with Crippen LogP contribution in [-0.2, 0) is 0 Å². The van der Waals surface area contributed by atoms with Crippen molar-refractivity contribution in [1.29, 1.82) is 0 Å². The van der Waals surface area contributed by atoms with Crippen molar-refractivity contribution in [2.75, 3.05) is 26.7 Å². The normalized spacial score (nSPS) is 17.0. The van der Waals surface area contributed by atoms with E-state index in [0.717, 1.165) is 25.2 Å². The van der Waals surface area contributed by atoms with Gasteiger partial charge in [-0.25, -0.2) is 0 Å². The molecule has 1 aliphatic rings. The molecule has 0 aliphatic carbocycles. The molecule has 0 radical (unpaired) electrons. The van der Waals surface area contributed by atoms with E-state index < -0.39 is 0 Å². The Labute approximate surface area is 109 Å². The van der Waals surface area contributed by atoms with Gasteiger partial charge in [0.25, 0.3) is 0 Å². The summed E-state index contributed by atoms with van der Waals surface area (Å²) in [6.07, 6.45) is 3.00. The van der Waals surface area contributed by atoms with E-state index >= 15 is 0 Å². The maximum atomic E-state index is 12.0. The zero-order chi connectivity index (χ0) is 12.8. The van der Waals surface area contributed by atoms with Crippen molar-refractivity contribution in [2.24, 2.45) is 0 Å². The number of rotatable bonds is 5. The lowest BCUT2D eigenvalue weighted by Crippen LogP contribution is -2.41. The van der Waals surface area contributed by atoms with E-state index in [-0.39, 0.29) is 5.78 Å². The summed E-state index contributed by atoms with van der Waals surface area (Å²) in [6, 6.07) is 10.2. The van der Waals surface area contributed by atoms with E-state index in [9.17, 15) is 4.79 Å². The first-order chi connectivity index (χ1) is 8.77. The molecule has 0 unspecified atom stereocenters. The highest BCUT2D eigenvalue weighted by atomic mass is 16.1. The number of nitrogens with zero attached hydrogens (tertiary/aromatic N) is 1. The van der Waals surface area contributed by atoms with Crippen LogP contribution in [0.25, 0.3) is 0 Å². The highest BCUT2D eigenvalue weighted by Crippen LogP contribution is 2.11. The maximum absolute atomic E-state index is 12.0. The lowest BCUT2D eigenvalue weighted by Gasteiger charge is -2.31. The van der Waals surface area contributed by atoms with Crippen molar-refractivity contribution in [3.05, 3.63) is 35.9 Å². The Kier molecular flexibility index (Phi) is 4.90. The third-order valence-electron chi connectivity index (χ3n) is 3.72. The zero-order valence-electron chi connectivity index (χ0n) is 11.1. The Bertz CT molecular complexity index is 371. The van der Waals surface area contributed by atoms with Crippen LogP contribution in [0.3, 0.4) is 0 Å². The molecule has 0 bridgehead atoms. The van der Waals surface area contributed by atoms with Crippen LogP contribution < -0.4 is 5.32 Å². The largest absolute Gasteiger partial charge is 0.317 e. The second-order valence-electron chi connectivity index (χ2n) is 5.00. The summed E-state index contributed by atoms with van der Waals surface area (Å²) < 4.78 is 0. The molecule has 1 heterocycles. The molecule has 0 aromatic heterocycles. The summed E-state index contributed by atoms with van der Waals surface area (Å²) in [4.78, 5) is 14.3. The van der Waals surface area contributed by atoms with Gasteiger partial charge in [0.05, 0.1) is 0 Å². The van der Waals surface area contributed by atoms with E-state index in [1.807, 2.05) is 30.3 Å². The standard InChI is InChI=1S/C15H22N2O/c1-17(14-7-10-16-11-8-14)12-9-15(18)13-5-3-2-4-6-13/h2-6,14,16H,7-12H2,1H3. The monoisotopic (exact) mass is 246 g/mol. The van der Waals surface area contributed by atoms with Crippen molar-refractivity contribution in [3.63, 3.8) is 0 Å². The average molecular weight is 246 g/mol. The van der Waals surface area contributed by atoms with E-state index in [2.05, 4.69) is 17.3 Å². The summed E-state index contributed by atoms with van der Waals surface area (Å²) in [6.45, 7) is 3.06. The third-order valence-corrected chi connectivity index (χ3v) is 3.72. The van der Waals surface area contributed by atoms with Crippen molar-refractivity contribution in [1.82, 2.24) is 10.2 Å². The molecular formula is C15H22N2O. The van der Waals surface area contributed by atoms with E-state index in [4.69, 9.17) is 0 Å². The Morgan fingerprint density at radius 2 is 1.94 bits per heavy atom. The lowest BCUT2D eigenvalue weighted by atomic mass is 10.0. The quantitative estimate of drug-likeness (QED) is 0.806. The van der Waals surface area contributed by atoms with Gasteiger partial charge in [-0.2, -0.15) is 0 Å². The summed E-state index contributed by atoms with van der Waals surface area (Å²) >= 11 is 0. The number of piperidine rings is 1. The Balaban J connectivity index is 1.78. The number of hydrogen-bond donors (Lipinski definition) is 1. The Morgan fingerprint density at radius 3 is 2.61 bits per heavy atom. The van der Waals surface area contributed by atoms with Crippen molar-refractivity contribution >= 4 is 5.78 Å². The van der Waals surface area contributed by atoms with Crippen molar-refractivity contribution in [3.8, 4) is 0 Å². The van der Waals surface area contributed by atoms with Crippen LogP contribution in [0.15, 0.2) is 30.3 Å². The lowest BCUT2D eigenvalue weighted by molar-refractivity contribution is 0.0954. The van der Waals surface area contributed by atoms with Gasteiger partial charge in [-0.15, -0.1) is 0 Å². The van der Waals surface area contributed by atoms with Gasteiger partial charge in [-0.05, 0) is 33.0 Å². The topological polar surface area (TPSA) is 32.3 Å². The summed E-state index contributed by atoms with van der Waals surface area (Å²) in [5, 5.41) is 3.37. The molecule has 18 heavy (non-hydrogen) atoms. The average Bonchev–Trinajstić information content (AvgIpc) is 2.46. The molecule has 98 valence electrons. The van der Waals surface area contributed by atoms with Crippen LogP contribution in [-0.4, -0.2) is 43.4 Å². The van der Waals surface area contributed by atoms with Gasteiger partial charge in [0, 0.05) is 24.6 Å². The molecule has 3 nitrogen and oxygen atoms in total. The number of ketones is 1. The fourth-order valence-corrected chi connectivity index (χ4v) is 2.48. The second kappa shape index (κ2) is 6.66. The number of Topliss-reactive ketones (excluding diaryl/α,β-unsaturated/α-hetero) is 1. The maximum Gasteiger partial charge on any atom is 0.164 e. The molecule has 3 heteroatoms. The first kappa shape index (κ1) is 13.2. The Morgan fingerprint density at radius 1 is 1.28 bits per heavy atom. The summed E-state index contributed by atoms with van der Waals surface area (Å²) in [7, 11) is 2.13. The number of nitrogens with one attached hydrogen (secondary N) is 1. The fourth-order valence-electron chi connectivity index (χ4n) is 2.48. The predicted molar refractivity (Wildman–Crippen MR) is 73.9 cm³/mol. The molecule has 1 saturated heterocycles. The highest BCUT2D eigenvalue weighted by Gasteiger charge is 2.18. The minimum Gasteiger partial charge on any atom is -0.317 e. The number of carbonyl (C=O) groups excluding carboxylic acids is 1. The number of hydrogen-bond acceptors (Lipinski definition) is 3. The molecule has 1 aliphatic heterocycles. The second-order valence-corrected chi connectivity index (χ2v) is 5.00.